The van der Waals surface area contributed by atoms with Gasteiger partial charge in [0.2, 0.25) is 15.9 Å². The monoisotopic (exact) mass is 372 g/mol. The topological polar surface area (TPSA) is 66.9 Å². The second-order valence-electron chi connectivity index (χ2n) is 7.84. The summed E-state index contributed by atoms with van der Waals surface area (Å²) in [6.07, 6.45) is 7.19. The molecule has 1 aliphatic carbocycles. The molecule has 0 aromatic carbocycles. The van der Waals surface area contributed by atoms with E-state index in [4.69, 9.17) is 4.74 Å². The van der Waals surface area contributed by atoms with Crippen molar-refractivity contribution in [2.45, 2.75) is 51.9 Å². The van der Waals surface area contributed by atoms with Crippen molar-refractivity contribution in [3.63, 3.8) is 0 Å². The molecule has 0 aromatic rings. The highest BCUT2D eigenvalue weighted by Gasteiger charge is 2.49. The second-order valence-corrected chi connectivity index (χ2v) is 10.1. The van der Waals surface area contributed by atoms with Gasteiger partial charge >= 0.3 is 0 Å². The van der Waals surface area contributed by atoms with Crippen molar-refractivity contribution in [2.75, 3.05) is 45.1 Å². The van der Waals surface area contributed by atoms with Crippen LogP contribution < -0.4 is 0 Å². The molecule has 6 nitrogen and oxygen atoms in total. The van der Waals surface area contributed by atoms with Gasteiger partial charge in [-0.15, -0.1) is 0 Å². The van der Waals surface area contributed by atoms with E-state index in [0.29, 0.717) is 51.7 Å². The molecule has 2 heterocycles. The van der Waals surface area contributed by atoms with E-state index in [1.165, 1.54) is 19.3 Å². The van der Waals surface area contributed by atoms with Gasteiger partial charge in [0, 0.05) is 32.6 Å². The normalized spacial score (nSPS) is 27.7. The van der Waals surface area contributed by atoms with E-state index in [1.54, 1.807) is 11.2 Å². The standard InChI is InChI=1S/C18H32N2O4S/c1-2-25(22,23)20-14-16(18(15-20)8-4-3-5-9-18)6-7-17(21)19-10-12-24-13-11-19/h16H,2-15H2,1H3. The molecule has 1 amide bonds. The molecule has 2 saturated heterocycles. The van der Waals surface area contributed by atoms with Crippen LogP contribution >= 0.6 is 0 Å². The quantitative estimate of drug-likeness (QED) is 0.739. The molecule has 25 heavy (non-hydrogen) atoms. The number of ether oxygens (including phenoxy) is 1. The van der Waals surface area contributed by atoms with Crippen LogP contribution in [0.25, 0.3) is 0 Å². The van der Waals surface area contributed by atoms with Crippen LogP contribution in [0, 0.1) is 11.3 Å². The molecule has 3 fully saturated rings. The molecule has 0 N–H and O–H groups in total. The van der Waals surface area contributed by atoms with Gasteiger partial charge in [-0.3, -0.25) is 4.79 Å². The van der Waals surface area contributed by atoms with Gasteiger partial charge in [0.25, 0.3) is 0 Å². The van der Waals surface area contributed by atoms with Crippen LogP contribution in [0.3, 0.4) is 0 Å². The predicted molar refractivity (Wildman–Crippen MR) is 96.7 cm³/mol. The number of hydrogen-bond donors (Lipinski definition) is 0. The fourth-order valence-electron chi connectivity index (χ4n) is 4.87. The zero-order valence-corrected chi connectivity index (χ0v) is 16.2. The van der Waals surface area contributed by atoms with Crippen molar-refractivity contribution in [3.8, 4) is 0 Å². The molecule has 0 bridgehead atoms. The number of amides is 1. The third kappa shape index (κ3) is 4.19. The van der Waals surface area contributed by atoms with Crippen molar-refractivity contribution < 1.29 is 17.9 Å². The maximum atomic E-state index is 12.5. The van der Waals surface area contributed by atoms with E-state index in [2.05, 4.69) is 0 Å². The fourth-order valence-corrected chi connectivity index (χ4v) is 6.09. The Morgan fingerprint density at radius 2 is 1.84 bits per heavy atom. The van der Waals surface area contributed by atoms with Crippen LogP contribution in [0.5, 0.6) is 0 Å². The van der Waals surface area contributed by atoms with Crippen LogP contribution in [0.2, 0.25) is 0 Å². The number of carbonyl (C=O) groups is 1. The van der Waals surface area contributed by atoms with Crippen LogP contribution in [-0.2, 0) is 19.6 Å². The fraction of sp³-hybridized carbons (Fsp3) is 0.944. The van der Waals surface area contributed by atoms with Crippen molar-refractivity contribution in [1.82, 2.24) is 9.21 Å². The Bertz CT molecular complexity index is 566. The zero-order chi connectivity index (χ0) is 17.9. The molecule has 1 atom stereocenters. The zero-order valence-electron chi connectivity index (χ0n) is 15.4. The summed E-state index contributed by atoms with van der Waals surface area (Å²) in [5, 5.41) is 0. The minimum atomic E-state index is -3.14. The van der Waals surface area contributed by atoms with Crippen molar-refractivity contribution >= 4 is 15.9 Å². The van der Waals surface area contributed by atoms with Gasteiger partial charge in [-0.1, -0.05) is 19.3 Å². The SMILES string of the molecule is CCS(=O)(=O)N1CC(CCC(=O)N2CCOCC2)C2(CCCCC2)C1. The third-order valence-corrected chi connectivity index (χ3v) is 8.25. The van der Waals surface area contributed by atoms with Crippen LogP contribution in [0.15, 0.2) is 0 Å². The minimum absolute atomic E-state index is 0.103. The Balaban J connectivity index is 1.65. The summed E-state index contributed by atoms with van der Waals surface area (Å²) in [7, 11) is -3.14. The van der Waals surface area contributed by atoms with Gasteiger partial charge < -0.3 is 9.64 Å². The van der Waals surface area contributed by atoms with E-state index in [-0.39, 0.29) is 17.1 Å². The highest BCUT2D eigenvalue weighted by Crippen LogP contribution is 2.49. The van der Waals surface area contributed by atoms with Crippen molar-refractivity contribution in [1.29, 1.82) is 0 Å². The molecule has 1 spiro atoms. The lowest BCUT2D eigenvalue weighted by Gasteiger charge is -2.38. The molecule has 144 valence electrons. The average Bonchev–Trinajstić information content (AvgIpc) is 2.99. The first-order valence-corrected chi connectivity index (χ1v) is 11.4. The second kappa shape index (κ2) is 7.92. The first-order valence-electron chi connectivity index (χ1n) is 9.80. The molecule has 3 rings (SSSR count). The number of hydrogen-bond acceptors (Lipinski definition) is 4. The number of sulfonamides is 1. The summed E-state index contributed by atoms with van der Waals surface area (Å²) < 4.78 is 31.8. The first-order chi connectivity index (χ1) is 12.0. The lowest BCUT2D eigenvalue weighted by molar-refractivity contribution is -0.135. The number of nitrogens with zero attached hydrogens (tertiary/aromatic N) is 2. The number of morpholine rings is 1. The van der Waals surface area contributed by atoms with Crippen LogP contribution in [-0.4, -0.2) is 68.7 Å². The summed E-state index contributed by atoms with van der Waals surface area (Å²) >= 11 is 0. The van der Waals surface area contributed by atoms with Gasteiger partial charge in [-0.25, -0.2) is 12.7 Å². The minimum Gasteiger partial charge on any atom is -0.378 e. The van der Waals surface area contributed by atoms with Crippen molar-refractivity contribution in [2.24, 2.45) is 11.3 Å². The number of carbonyl (C=O) groups excluding carboxylic acids is 1. The van der Waals surface area contributed by atoms with Gasteiger partial charge in [0.15, 0.2) is 0 Å². The third-order valence-electron chi connectivity index (χ3n) is 6.46. The van der Waals surface area contributed by atoms with E-state index in [9.17, 15) is 13.2 Å². The molecule has 1 unspecified atom stereocenters. The average molecular weight is 373 g/mol. The Labute approximate surface area is 151 Å². The molecule has 0 aromatic heterocycles. The van der Waals surface area contributed by atoms with Gasteiger partial charge in [0.1, 0.15) is 0 Å². The highest BCUT2D eigenvalue weighted by molar-refractivity contribution is 7.89. The molecule has 3 aliphatic rings. The van der Waals surface area contributed by atoms with E-state index >= 15 is 0 Å². The van der Waals surface area contributed by atoms with Gasteiger partial charge in [0.05, 0.1) is 19.0 Å². The van der Waals surface area contributed by atoms with E-state index in [1.807, 2.05) is 4.90 Å². The summed E-state index contributed by atoms with van der Waals surface area (Å²) in [5.74, 6) is 0.688. The maximum Gasteiger partial charge on any atom is 0.222 e. The first kappa shape index (κ1) is 19.1. The molecule has 0 radical (unpaired) electrons. The van der Waals surface area contributed by atoms with Crippen LogP contribution in [0.1, 0.15) is 51.9 Å². The highest BCUT2D eigenvalue weighted by atomic mass is 32.2. The van der Waals surface area contributed by atoms with E-state index in [0.717, 1.165) is 19.3 Å². The van der Waals surface area contributed by atoms with E-state index < -0.39 is 10.0 Å². The van der Waals surface area contributed by atoms with Gasteiger partial charge in [-0.2, -0.15) is 0 Å². The van der Waals surface area contributed by atoms with Gasteiger partial charge in [-0.05, 0) is 37.5 Å². The summed E-state index contributed by atoms with van der Waals surface area (Å²) in [6, 6.07) is 0. The Morgan fingerprint density at radius 1 is 1.16 bits per heavy atom. The molecule has 2 aliphatic heterocycles. The molecular formula is C18H32N2O4S. The van der Waals surface area contributed by atoms with Crippen LogP contribution in [0.4, 0.5) is 0 Å². The number of rotatable bonds is 5. The molecule has 1 saturated carbocycles. The maximum absolute atomic E-state index is 12.5. The summed E-state index contributed by atoms with van der Waals surface area (Å²) in [5.41, 5.74) is 0.103. The Morgan fingerprint density at radius 3 is 2.48 bits per heavy atom. The molecular weight excluding hydrogens is 340 g/mol. The molecule has 7 heteroatoms. The van der Waals surface area contributed by atoms with Crippen molar-refractivity contribution in [3.05, 3.63) is 0 Å². The Hall–Kier alpha value is -0.660. The largest absolute Gasteiger partial charge is 0.378 e. The Kier molecular flexibility index (Phi) is 6.06. The smallest absolute Gasteiger partial charge is 0.222 e. The predicted octanol–water partition coefficient (Wildman–Crippen LogP) is 1.86. The lowest BCUT2D eigenvalue weighted by Crippen LogP contribution is -2.41. The summed E-state index contributed by atoms with van der Waals surface area (Å²) in [6.45, 7) is 5.61. The lowest BCUT2D eigenvalue weighted by atomic mass is 9.66. The summed E-state index contributed by atoms with van der Waals surface area (Å²) in [4.78, 5) is 14.4.